The highest BCUT2D eigenvalue weighted by molar-refractivity contribution is 7.89. The highest BCUT2D eigenvalue weighted by Crippen LogP contribution is 2.24. The van der Waals surface area contributed by atoms with Crippen LogP contribution < -0.4 is 11.1 Å². The monoisotopic (exact) mass is 457 g/mol. The van der Waals surface area contributed by atoms with Gasteiger partial charge in [0.1, 0.15) is 6.54 Å². The minimum Gasteiger partial charge on any atom is -0.408 e. The highest BCUT2D eigenvalue weighted by Gasteiger charge is 2.26. The molecule has 0 unspecified atom stereocenters. The van der Waals surface area contributed by atoms with Gasteiger partial charge in [0.05, 0.1) is 10.4 Å². The second-order valence-electron chi connectivity index (χ2n) is 8.00. The number of aromatic nitrogens is 1. The third-order valence-electron chi connectivity index (χ3n) is 5.76. The van der Waals surface area contributed by atoms with Crippen LogP contribution in [0.5, 0.6) is 0 Å². The molecule has 4 rings (SSSR count). The first-order chi connectivity index (χ1) is 15.4. The van der Waals surface area contributed by atoms with Crippen molar-refractivity contribution in [3.63, 3.8) is 0 Å². The average Bonchev–Trinajstić information content (AvgIpc) is 2.95. The Morgan fingerprint density at radius 3 is 2.53 bits per heavy atom. The SMILES string of the molecule is CCc1cccc(NC(=O)Cn2c(=O)oc3cc(S(=O)(=O)N4CCCCCC4)ccc32)c1. The molecule has 0 atom stereocenters. The smallest absolute Gasteiger partial charge is 0.408 e. The molecule has 0 spiro atoms. The Morgan fingerprint density at radius 2 is 1.81 bits per heavy atom. The van der Waals surface area contributed by atoms with Crippen LogP contribution in [0, 0.1) is 0 Å². The summed E-state index contributed by atoms with van der Waals surface area (Å²) in [6.45, 7) is 2.77. The van der Waals surface area contributed by atoms with E-state index >= 15 is 0 Å². The number of aryl methyl sites for hydroxylation is 1. The molecule has 1 aromatic heterocycles. The third kappa shape index (κ3) is 4.63. The summed E-state index contributed by atoms with van der Waals surface area (Å²) >= 11 is 0. The Labute approximate surface area is 186 Å². The van der Waals surface area contributed by atoms with E-state index in [2.05, 4.69) is 5.32 Å². The lowest BCUT2D eigenvalue weighted by atomic mass is 10.1. The fraction of sp³-hybridized carbons (Fsp3) is 0.391. The molecule has 0 radical (unpaired) electrons. The van der Waals surface area contributed by atoms with Gasteiger partial charge in [-0.05, 0) is 49.1 Å². The van der Waals surface area contributed by atoms with Crippen LogP contribution in [0.4, 0.5) is 5.69 Å². The molecule has 0 bridgehead atoms. The van der Waals surface area contributed by atoms with E-state index in [9.17, 15) is 18.0 Å². The maximum Gasteiger partial charge on any atom is 0.420 e. The fourth-order valence-electron chi connectivity index (χ4n) is 4.00. The number of carbonyl (C=O) groups is 1. The van der Waals surface area contributed by atoms with Crippen LogP contribution in [0.15, 0.2) is 56.6 Å². The first-order valence-corrected chi connectivity index (χ1v) is 12.3. The van der Waals surface area contributed by atoms with Gasteiger partial charge in [0, 0.05) is 24.8 Å². The van der Waals surface area contributed by atoms with Gasteiger partial charge >= 0.3 is 5.76 Å². The van der Waals surface area contributed by atoms with E-state index < -0.39 is 15.8 Å². The Kier molecular flexibility index (Phi) is 6.48. The number of oxazole rings is 1. The number of rotatable bonds is 6. The summed E-state index contributed by atoms with van der Waals surface area (Å²) in [5.74, 6) is -1.08. The molecule has 1 aliphatic heterocycles. The highest BCUT2D eigenvalue weighted by atomic mass is 32.2. The average molecular weight is 458 g/mol. The predicted molar refractivity (Wildman–Crippen MR) is 122 cm³/mol. The number of sulfonamides is 1. The van der Waals surface area contributed by atoms with Crippen molar-refractivity contribution >= 4 is 32.7 Å². The van der Waals surface area contributed by atoms with Crippen molar-refractivity contribution in [1.29, 1.82) is 0 Å². The molecule has 8 nitrogen and oxygen atoms in total. The normalized spacial score (nSPS) is 15.5. The molecule has 170 valence electrons. The quantitative estimate of drug-likeness (QED) is 0.612. The fourth-order valence-corrected chi connectivity index (χ4v) is 5.53. The molecular weight excluding hydrogens is 430 g/mol. The van der Waals surface area contributed by atoms with E-state index in [0.717, 1.165) is 37.7 Å². The number of fused-ring (bicyclic) bond motifs is 1. The van der Waals surface area contributed by atoms with Gasteiger partial charge in [0.15, 0.2) is 5.58 Å². The van der Waals surface area contributed by atoms with Gasteiger partial charge in [0.2, 0.25) is 15.9 Å². The second-order valence-corrected chi connectivity index (χ2v) is 9.94. The van der Waals surface area contributed by atoms with Gasteiger partial charge in [0.25, 0.3) is 0 Å². The Morgan fingerprint density at radius 1 is 1.06 bits per heavy atom. The van der Waals surface area contributed by atoms with E-state index in [4.69, 9.17) is 4.42 Å². The largest absolute Gasteiger partial charge is 0.420 e. The lowest BCUT2D eigenvalue weighted by Crippen LogP contribution is -2.31. The molecule has 1 aliphatic rings. The molecule has 1 N–H and O–H groups in total. The summed E-state index contributed by atoms with van der Waals surface area (Å²) in [5, 5.41) is 2.79. The predicted octanol–water partition coefficient (Wildman–Crippen LogP) is 3.36. The van der Waals surface area contributed by atoms with Crippen LogP contribution in [-0.2, 0) is 27.8 Å². The van der Waals surface area contributed by atoms with E-state index in [1.807, 2.05) is 25.1 Å². The maximum absolute atomic E-state index is 13.0. The summed E-state index contributed by atoms with van der Waals surface area (Å²) in [5.41, 5.74) is 2.27. The van der Waals surface area contributed by atoms with Crippen molar-refractivity contribution < 1.29 is 17.6 Å². The molecule has 32 heavy (non-hydrogen) atoms. The molecule has 3 aromatic rings. The molecule has 9 heteroatoms. The first-order valence-electron chi connectivity index (χ1n) is 10.9. The summed E-state index contributed by atoms with van der Waals surface area (Å²) in [7, 11) is -3.67. The Bertz CT molecular complexity index is 1280. The molecule has 1 saturated heterocycles. The van der Waals surface area contributed by atoms with Gasteiger partial charge < -0.3 is 9.73 Å². The topological polar surface area (TPSA) is 102 Å². The first kappa shape index (κ1) is 22.3. The minimum absolute atomic E-state index is 0.0913. The van der Waals surface area contributed by atoms with Crippen LogP contribution in [0.1, 0.15) is 38.2 Å². The summed E-state index contributed by atoms with van der Waals surface area (Å²) < 4.78 is 34.1. The molecular formula is C23H27N3O5S. The van der Waals surface area contributed by atoms with E-state index in [-0.39, 0.29) is 22.9 Å². The lowest BCUT2D eigenvalue weighted by molar-refractivity contribution is -0.116. The number of anilines is 1. The summed E-state index contributed by atoms with van der Waals surface area (Å²) in [4.78, 5) is 25.0. The van der Waals surface area contributed by atoms with Crippen molar-refractivity contribution in [1.82, 2.24) is 8.87 Å². The number of amides is 1. The van der Waals surface area contributed by atoms with Crippen LogP contribution in [0.25, 0.3) is 11.1 Å². The van der Waals surface area contributed by atoms with Crippen molar-refractivity contribution in [2.24, 2.45) is 0 Å². The molecule has 0 aliphatic carbocycles. The van der Waals surface area contributed by atoms with Gasteiger partial charge in [-0.15, -0.1) is 0 Å². The summed E-state index contributed by atoms with van der Waals surface area (Å²) in [6, 6.07) is 11.9. The Balaban J connectivity index is 1.57. The maximum atomic E-state index is 13.0. The number of hydrogen-bond acceptors (Lipinski definition) is 5. The third-order valence-corrected chi connectivity index (χ3v) is 7.66. The number of nitrogens with one attached hydrogen (secondary N) is 1. The molecule has 1 fully saturated rings. The van der Waals surface area contributed by atoms with Crippen LogP contribution in [0.3, 0.4) is 0 Å². The second kappa shape index (κ2) is 9.30. The number of carbonyl (C=O) groups excluding carboxylic acids is 1. The zero-order chi connectivity index (χ0) is 22.7. The van der Waals surface area contributed by atoms with Crippen LogP contribution in [-0.4, -0.2) is 36.3 Å². The van der Waals surface area contributed by atoms with E-state index in [0.29, 0.717) is 24.3 Å². The number of hydrogen-bond donors (Lipinski definition) is 1. The zero-order valence-electron chi connectivity index (χ0n) is 18.0. The number of nitrogens with zero attached hydrogens (tertiary/aromatic N) is 2. The van der Waals surface area contributed by atoms with Crippen LogP contribution in [0.2, 0.25) is 0 Å². The van der Waals surface area contributed by atoms with Crippen LogP contribution >= 0.6 is 0 Å². The van der Waals surface area contributed by atoms with Crippen molar-refractivity contribution in [3.05, 3.63) is 58.6 Å². The van der Waals surface area contributed by atoms with Crippen molar-refractivity contribution in [3.8, 4) is 0 Å². The zero-order valence-corrected chi connectivity index (χ0v) is 18.9. The van der Waals surface area contributed by atoms with Gasteiger partial charge in [-0.2, -0.15) is 4.31 Å². The lowest BCUT2D eigenvalue weighted by Gasteiger charge is -2.19. The van der Waals surface area contributed by atoms with Crippen molar-refractivity contribution in [2.45, 2.75) is 50.5 Å². The van der Waals surface area contributed by atoms with E-state index in [1.165, 1.54) is 27.1 Å². The van der Waals surface area contributed by atoms with Gasteiger partial charge in [-0.25, -0.2) is 13.2 Å². The Hall–Kier alpha value is -2.91. The van der Waals surface area contributed by atoms with Gasteiger partial charge in [-0.1, -0.05) is 31.9 Å². The molecule has 0 saturated carbocycles. The molecule has 2 aromatic carbocycles. The standard InChI is InChI=1S/C23H27N3O5S/c1-2-17-8-7-9-18(14-17)24-22(27)16-26-20-11-10-19(15-21(20)31-23(26)28)32(29,30)25-12-5-3-4-6-13-25/h7-11,14-15H,2-6,12-13,16H2,1H3,(H,24,27). The molecule has 2 heterocycles. The summed E-state index contributed by atoms with van der Waals surface area (Å²) in [6.07, 6.45) is 4.56. The van der Waals surface area contributed by atoms with Gasteiger partial charge in [-0.3, -0.25) is 9.36 Å². The van der Waals surface area contributed by atoms with Crippen molar-refractivity contribution in [2.75, 3.05) is 18.4 Å². The molecule has 1 amide bonds. The minimum atomic E-state index is -3.67. The van der Waals surface area contributed by atoms with E-state index in [1.54, 1.807) is 6.07 Å². The number of benzene rings is 2.